The van der Waals surface area contributed by atoms with Crippen LogP contribution in [0.15, 0.2) is 82.8 Å². The van der Waals surface area contributed by atoms with Gasteiger partial charge < -0.3 is 9.80 Å². The highest BCUT2D eigenvalue weighted by Crippen LogP contribution is 2.37. The van der Waals surface area contributed by atoms with Gasteiger partial charge >= 0.3 is 0 Å². The van der Waals surface area contributed by atoms with Crippen molar-refractivity contribution in [1.29, 1.82) is 0 Å². The molecule has 0 unspecified atom stereocenters. The molecule has 2 saturated carbocycles. The van der Waals surface area contributed by atoms with Gasteiger partial charge in [0.15, 0.2) is 31.2 Å². The van der Waals surface area contributed by atoms with Gasteiger partial charge in [-0.2, -0.15) is 10.2 Å². The van der Waals surface area contributed by atoms with Gasteiger partial charge in [0, 0.05) is 61.0 Å². The van der Waals surface area contributed by atoms with Crippen molar-refractivity contribution in [1.82, 2.24) is 29.4 Å². The van der Waals surface area contributed by atoms with Gasteiger partial charge in [0.2, 0.25) is 0 Å². The minimum Gasteiger partial charge on any atom is -0.326 e. The van der Waals surface area contributed by atoms with E-state index in [9.17, 15) is 63.2 Å². The predicted molar refractivity (Wildman–Crippen MR) is 307 cm³/mol. The summed E-state index contributed by atoms with van der Waals surface area (Å²) in [5.74, 6) is -5.72. The van der Waals surface area contributed by atoms with E-state index in [4.69, 9.17) is 46.4 Å². The number of rotatable bonds is 18. The number of nitrogens with zero attached hydrogens (tertiary/aromatic N) is 6. The summed E-state index contributed by atoms with van der Waals surface area (Å²) >= 11 is 25.0. The van der Waals surface area contributed by atoms with Crippen molar-refractivity contribution in [2.45, 2.75) is 114 Å². The Morgan fingerprint density at radius 1 is 0.500 bits per heavy atom. The quantitative estimate of drug-likeness (QED) is 0.0581. The molecule has 2 aliphatic carbocycles. The summed E-state index contributed by atoms with van der Waals surface area (Å²) < 4.78 is 107. The van der Waals surface area contributed by atoms with Crippen LogP contribution in [0.3, 0.4) is 0 Å². The van der Waals surface area contributed by atoms with E-state index in [0.29, 0.717) is 74.9 Å². The topological polar surface area (TPSA) is 213 Å². The Kier molecular flexibility index (Phi) is 20.9. The fraction of sp³-hybridized carbons (Fsp3) is 0.379. The second kappa shape index (κ2) is 27.0. The second-order valence-electron chi connectivity index (χ2n) is 21.2. The van der Waals surface area contributed by atoms with Crippen LogP contribution in [-0.2, 0) is 42.4 Å². The zero-order chi connectivity index (χ0) is 61.9. The standard InChI is InChI=1S/2C29H29Cl2F2N3O5S/c2*1-16-24(13-34-36(16)22-6-4-19(5-7-22)17(2)37)29(39)35(14-18-8-20(32)10-21(33)9-18)15-27(38)28-25(30)11-23(12-26(28)31)42(3,40)41/h2*8-13,19,22H,4-7,14-15H2,1-3H3. The molecule has 84 heavy (non-hydrogen) atoms. The first-order valence-corrected chi connectivity index (χ1v) is 31.6. The maximum atomic E-state index is 14.0. The summed E-state index contributed by atoms with van der Waals surface area (Å²) in [6, 6.07) is 9.96. The van der Waals surface area contributed by atoms with E-state index in [1.165, 1.54) is 12.4 Å². The summed E-state index contributed by atoms with van der Waals surface area (Å²) in [5.41, 5.74) is 1.30. The van der Waals surface area contributed by atoms with Crippen molar-refractivity contribution >= 4 is 101 Å². The lowest BCUT2D eigenvalue weighted by Gasteiger charge is -2.28. The molecule has 0 radical (unpaired) electrons. The highest BCUT2D eigenvalue weighted by Gasteiger charge is 2.33. The van der Waals surface area contributed by atoms with E-state index in [-0.39, 0.29) is 112 Å². The normalized spacial score (nSPS) is 17.2. The first-order valence-electron chi connectivity index (χ1n) is 26.3. The molecule has 2 aliphatic rings. The number of hydrogen-bond acceptors (Lipinski definition) is 12. The number of sulfone groups is 2. The van der Waals surface area contributed by atoms with Gasteiger partial charge in [0.1, 0.15) is 34.8 Å². The van der Waals surface area contributed by atoms with Crippen LogP contribution in [0.5, 0.6) is 0 Å². The van der Waals surface area contributed by atoms with Gasteiger partial charge in [0.05, 0.1) is 89.7 Å². The number of hydrogen-bond donors (Lipinski definition) is 0. The SMILES string of the molecule is CC(=O)C1CCC(n2ncc(C(=O)N(CC(=O)c3c(Cl)cc(S(C)(=O)=O)cc3Cl)Cc3cc(F)cc(F)c3)c2C)CC1.CC(=O)C1CCC(n2ncc(C(=O)N(CC(=O)c3c(Cl)cc(S(C)(=O)=O)cc3Cl)Cc3cc(F)cc(F)c3)c2C)CC1. The van der Waals surface area contributed by atoms with Crippen molar-refractivity contribution in [2.24, 2.45) is 11.8 Å². The van der Waals surface area contributed by atoms with Crippen molar-refractivity contribution in [2.75, 3.05) is 25.6 Å². The molecular weight excluding hydrogens is 1220 g/mol. The van der Waals surface area contributed by atoms with Gasteiger partial charge in [-0.25, -0.2) is 34.4 Å². The Morgan fingerprint density at radius 2 is 0.786 bits per heavy atom. The summed E-state index contributed by atoms with van der Waals surface area (Å²) in [7, 11) is -7.35. The van der Waals surface area contributed by atoms with Crippen LogP contribution >= 0.6 is 46.4 Å². The zero-order valence-electron chi connectivity index (χ0n) is 46.3. The lowest BCUT2D eigenvalue weighted by Crippen LogP contribution is -2.36. The average Bonchev–Trinajstić information content (AvgIpc) is 4.12. The van der Waals surface area contributed by atoms with Crippen LogP contribution in [0.1, 0.15) is 141 Å². The molecule has 2 amide bonds. The molecule has 16 nitrogen and oxygen atoms in total. The number of aromatic nitrogens is 4. The second-order valence-corrected chi connectivity index (χ2v) is 26.9. The van der Waals surface area contributed by atoms with Gasteiger partial charge in [-0.15, -0.1) is 0 Å². The molecule has 2 heterocycles. The Balaban J connectivity index is 0.000000241. The maximum Gasteiger partial charge on any atom is 0.258 e. The third-order valence-corrected chi connectivity index (χ3v) is 18.4. The predicted octanol–water partition coefficient (Wildman–Crippen LogP) is 12.1. The third-order valence-electron chi connectivity index (χ3n) is 15.1. The number of carbonyl (C=O) groups excluding carboxylic acids is 6. The molecule has 26 heteroatoms. The molecule has 2 aromatic heterocycles. The number of carbonyl (C=O) groups is 6. The minimum absolute atomic E-state index is 0.0107. The van der Waals surface area contributed by atoms with Crippen LogP contribution in [-0.4, -0.2) is 107 Å². The highest BCUT2D eigenvalue weighted by molar-refractivity contribution is 7.91. The molecule has 2 fully saturated rings. The lowest BCUT2D eigenvalue weighted by atomic mass is 9.84. The van der Waals surface area contributed by atoms with Gasteiger partial charge in [-0.1, -0.05) is 46.4 Å². The van der Waals surface area contributed by atoms with Crippen LogP contribution < -0.4 is 0 Å². The fourth-order valence-electron chi connectivity index (χ4n) is 10.6. The van der Waals surface area contributed by atoms with Gasteiger partial charge in [-0.3, -0.25) is 38.1 Å². The summed E-state index contributed by atoms with van der Waals surface area (Å²) in [4.78, 5) is 79.9. The molecule has 448 valence electrons. The molecule has 0 saturated heterocycles. The number of Topliss-reactive ketones (excluding diaryl/α,β-unsaturated/α-hetero) is 4. The van der Waals surface area contributed by atoms with Crippen LogP contribution in [0.25, 0.3) is 0 Å². The Bertz CT molecular complexity index is 3490. The van der Waals surface area contributed by atoms with Crippen molar-refractivity contribution < 1.29 is 63.2 Å². The number of halogens is 8. The van der Waals surface area contributed by atoms with E-state index in [1.807, 2.05) is 0 Å². The Labute approximate surface area is 503 Å². The lowest BCUT2D eigenvalue weighted by molar-refractivity contribution is -0.122. The van der Waals surface area contributed by atoms with E-state index in [1.54, 1.807) is 37.1 Å². The monoisotopic (exact) mass is 1280 g/mol. The van der Waals surface area contributed by atoms with Crippen molar-refractivity contribution in [3.8, 4) is 0 Å². The Morgan fingerprint density at radius 3 is 1.05 bits per heavy atom. The molecule has 0 N–H and O–H groups in total. The van der Waals surface area contributed by atoms with E-state index in [2.05, 4.69) is 10.2 Å². The third kappa shape index (κ3) is 15.8. The smallest absolute Gasteiger partial charge is 0.258 e. The number of ketones is 4. The van der Waals surface area contributed by atoms with Crippen LogP contribution in [0.2, 0.25) is 20.1 Å². The van der Waals surface area contributed by atoms with Crippen LogP contribution in [0.4, 0.5) is 17.6 Å². The minimum atomic E-state index is -3.67. The molecule has 0 spiro atoms. The number of amides is 2. The zero-order valence-corrected chi connectivity index (χ0v) is 51.0. The van der Waals surface area contributed by atoms with Gasteiger partial charge in [-0.05, 0) is 139 Å². The average molecular weight is 1280 g/mol. The summed E-state index contributed by atoms with van der Waals surface area (Å²) in [6.45, 7) is 4.79. The van der Waals surface area contributed by atoms with Crippen molar-refractivity contribution in [3.63, 3.8) is 0 Å². The summed E-state index contributed by atoms with van der Waals surface area (Å²) in [6.07, 6.45) is 10.4. The van der Waals surface area contributed by atoms with E-state index < -0.39 is 79.4 Å². The molecule has 0 atom stereocenters. The molecule has 0 bridgehead atoms. The van der Waals surface area contributed by atoms with Crippen molar-refractivity contribution in [3.05, 3.63) is 161 Å². The fourth-order valence-corrected chi connectivity index (χ4v) is 13.6. The maximum absolute atomic E-state index is 14.0. The van der Waals surface area contributed by atoms with Crippen LogP contribution in [0, 0.1) is 49.0 Å². The molecule has 6 aromatic rings. The van der Waals surface area contributed by atoms with E-state index >= 15 is 0 Å². The molecule has 0 aliphatic heterocycles. The highest BCUT2D eigenvalue weighted by atomic mass is 35.5. The van der Waals surface area contributed by atoms with Gasteiger partial charge in [0.25, 0.3) is 11.8 Å². The molecule has 8 rings (SSSR count). The first kappa shape index (κ1) is 65.2. The molecule has 4 aromatic carbocycles. The largest absolute Gasteiger partial charge is 0.326 e. The molecular formula is C58H58Cl4F4N6O10S2. The Hall–Kier alpha value is -6.30. The summed E-state index contributed by atoms with van der Waals surface area (Å²) in [5, 5.41) is 7.97. The first-order chi connectivity index (χ1) is 39.3. The van der Waals surface area contributed by atoms with E-state index in [0.717, 1.165) is 70.8 Å². The number of benzene rings is 4.